The van der Waals surface area contributed by atoms with Gasteiger partial charge in [0.25, 0.3) is 0 Å². The minimum absolute atomic E-state index is 0.199. The lowest BCUT2D eigenvalue weighted by Gasteiger charge is -1.98. The first-order valence-corrected chi connectivity index (χ1v) is 5.62. The number of pyridine rings is 1. The van der Waals surface area contributed by atoms with Crippen LogP contribution in [0, 0.1) is 0 Å². The van der Waals surface area contributed by atoms with Crippen LogP contribution in [0.3, 0.4) is 0 Å². The maximum atomic E-state index is 9.47. The summed E-state index contributed by atoms with van der Waals surface area (Å²) in [7, 11) is 0. The van der Waals surface area contributed by atoms with E-state index in [1.165, 1.54) is 0 Å². The summed E-state index contributed by atoms with van der Waals surface area (Å²) in [4.78, 5) is 4.42. The molecular formula is C13H12N4O. The molecule has 0 bridgehead atoms. The molecule has 0 atom stereocenters. The highest BCUT2D eigenvalue weighted by Crippen LogP contribution is 2.21. The van der Waals surface area contributed by atoms with Crippen LogP contribution in [0.4, 0.5) is 0 Å². The first-order chi connectivity index (χ1) is 8.78. The topological polar surface area (TPSA) is 76.4 Å². The number of nitrogens with two attached hydrogens (primary N) is 1. The van der Waals surface area contributed by atoms with E-state index in [1.54, 1.807) is 22.7 Å². The van der Waals surface area contributed by atoms with Crippen LogP contribution in [0.15, 0.2) is 42.5 Å². The molecule has 0 aliphatic carbocycles. The van der Waals surface area contributed by atoms with Crippen molar-refractivity contribution in [3.63, 3.8) is 0 Å². The molecule has 0 fully saturated rings. The zero-order chi connectivity index (χ0) is 12.5. The Hall–Kier alpha value is -2.40. The number of aromatic nitrogens is 3. The molecule has 0 spiro atoms. The molecule has 1 aromatic carbocycles. The van der Waals surface area contributed by atoms with Crippen molar-refractivity contribution >= 4 is 5.65 Å². The summed E-state index contributed by atoms with van der Waals surface area (Å²) < 4.78 is 1.72. The maximum absolute atomic E-state index is 9.47. The van der Waals surface area contributed by atoms with Gasteiger partial charge in [-0.25, -0.2) is 9.50 Å². The molecule has 0 amide bonds. The average Bonchev–Trinajstić information content (AvgIpc) is 2.82. The highest BCUT2D eigenvalue weighted by Gasteiger charge is 2.08. The third kappa shape index (κ3) is 1.70. The minimum Gasteiger partial charge on any atom is -0.508 e. The van der Waals surface area contributed by atoms with Crippen molar-refractivity contribution in [1.29, 1.82) is 0 Å². The Morgan fingerprint density at radius 2 is 2.00 bits per heavy atom. The molecule has 90 valence electrons. The molecule has 18 heavy (non-hydrogen) atoms. The second-order valence-corrected chi connectivity index (χ2v) is 3.98. The third-order valence-electron chi connectivity index (χ3n) is 2.75. The smallest absolute Gasteiger partial charge is 0.182 e. The van der Waals surface area contributed by atoms with E-state index >= 15 is 0 Å². The average molecular weight is 240 g/mol. The van der Waals surface area contributed by atoms with E-state index in [1.807, 2.05) is 24.3 Å². The number of nitrogens with zero attached hydrogens (tertiary/aromatic N) is 3. The van der Waals surface area contributed by atoms with Gasteiger partial charge in [0.2, 0.25) is 0 Å². The lowest BCUT2D eigenvalue weighted by atomic mass is 10.2. The van der Waals surface area contributed by atoms with Crippen LogP contribution in [-0.2, 0) is 6.54 Å². The van der Waals surface area contributed by atoms with E-state index in [2.05, 4.69) is 10.1 Å². The molecule has 5 nitrogen and oxygen atoms in total. The molecular weight excluding hydrogens is 228 g/mol. The van der Waals surface area contributed by atoms with Gasteiger partial charge >= 0.3 is 0 Å². The highest BCUT2D eigenvalue weighted by atomic mass is 16.3. The largest absolute Gasteiger partial charge is 0.508 e. The number of phenols is 1. The van der Waals surface area contributed by atoms with E-state index in [0.29, 0.717) is 12.4 Å². The maximum Gasteiger partial charge on any atom is 0.182 e. The Morgan fingerprint density at radius 1 is 1.17 bits per heavy atom. The number of hydrogen-bond acceptors (Lipinski definition) is 4. The Kier molecular flexibility index (Phi) is 2.46. The first kappa shape index (κ1) is 10.7. The van der Waals surface area contributed by atoms with E-state index < -0.39 is 0 Å². The van der Waals surface area contributed by atoms with E-state index in [-0.39, 0.29) is 5.75 Å². The summed E-state index contributed by atoms with van der Waals surface area (Å²) in [6.07, 6.45) is 0. The van der Waals surface area contributed by atoms with Crippen LogP contribution in [-0.4, -0.2) is 19.7 Å². The fourth-order valence-corrected chi connectivity index (χ4v) is 1.88. The van der Waals surface area contributed by atoms with Gasteiger partial charge in [-0.15, -0.1) is 5.10 Å². The molecule has 2 aromatic heterocycles. The van der Waals surface area contributed by atoms with Crippen LogP contribution in [0.5, 0.6) is 5.75 Å². The van der Waals surface area contributed by atoms with Gasteiger partial charge in [0.1, 0.15) is 5.75 Å². The van der Waals surface area contributed by atoms with Crippen molar-refractivity contribution in [3.05, 3.63) is 48.2 Å². The van der Waals surface area contributed by atoms with Crippen molar-refractivity contribution in [3.8, 4) is 17.1 Å². The zero-order valence-electron chi connectivity index (χ0n) is 9.61. The number of hydrogen-bond donors (Lipinski definition) is 2. The zero-order valence-corrected chi connectivity index (χ0v) is 9.61. The van der Waals surface area contributed by atoms with Crippen molar-refractivity contribution in [1.82, 2.24) is 14.6 Å². The van der Waals surface area contributed by atoms with Crippen LogP contribution in [0.2, 0.25) is 0 Å². The Bertz CT molecular complexity index is 705. The normalized spacial score (nSPS) is 10.9. The van der Waals surface area contributed by atoms with Gasteiger partial charge in [-0.1, -0.05) is 18.2 Å². The standard InChI is InChI=1S/C13H12N4O/c14-8-10-4-2-6-12-15-13(16-17(10)12)9-3-1-5-11(18)7-9/h1-7,18H,8,14H2. The lowest BCUT2D eigenvalue weighted by molar-refractivity contribution is 0.475. The molecule has 0 aliphatic heterocycles. The van der Waals surface area contributed by atoms with Crippen molar-refractivity contribution < 1.29 is 5.11 Å². The van der Waals surface area contributed by atoms with Crippen LogP contribution in [0.25, 0.3) is 17.0 Å². The molecule has 0 radical (unpaired) electrons. The van der Waals surface area contributed by atoms with Gasteiger partial charge in [-0.2, -0.15) is 0 Å². The number of aromatic hydroxyl groups is 1. The predicted molar refractivity (Wildman–Crippen MR) is 68.0 cm³/mol. The number of fused-ring (bicyclic) bond motifs is 1. The predicted octanol–water partition coefficient (Wildman–Crippen LogP) is 1.56. The van der Waals surface area contributed by atoms with Crippen molar-refractivity contribution in [2.75, 3.05) is 0 Å². The molecule has 0 unspecified atom stereocenters. The van der Waals surface area contributed by atoms with Crippen molar-refractivity contribution in [2.24, 2.45) is 5.73 Å². The monoisotopic (exact) mass is 240 g/mol. The fraction of sp³-hybridized carbons (Fsp3) is 0.0769. The van der Waals surface area contributed by atoms with Crippen LogP contribution < -0.4 is 5.73 Å². The van der Waals surface area contributed by atoms with Gasteiger partial charge in [0.15, 0.2) is 11.5 Å². The van der Waals surface area contributed by atoms with E-state index in [0.717, 1.165) is 16.9 Å². The summed E-state index contributed by atoms with van der Waals surface area (Å²) in [5.41, 5.74) is 8.08. The third-order valence-corrected chi connectivity index (χ3v) is 2.75. The SMILES string of the molecule is NCc1cccc2nc(-c3cccc(O)c3)nn12. The van der Waals surface area contributed by atoms with E-state index in [9.17, 15) is 5.11 Å². The second kappa shape index (κ2) is 4.12. The van der Waals surface area contributed by atoms with Crippen molar-refractivity contribution in [2.45, 2.75) is 6.54 Å². The second-order valence-electron chi connectivity index (χ2n) is 3.98. The molecule has 3 rings (SSSR count). The molecule has 3 aromatic rings. The highest BCUT2D eigenvalue weighted by molar-refractivity contribution is 5.60. The molecule has 0 saturated heterocycles. The fourth-order valence-electron chi connectivity index (χ4n) is 1.88. The molecule has 0 saturated carbocycles. The molecule has 3 N–H and O–H groups in total. The lowest BCUT2D eigenvalue weighted by Crippen LogP contribution is -2.04. The first-order valence-electron chi connectivity index (χ1n) is 5.62. The number of phenolic OH excluding ortho intramolecular Hbond substituents is 1. The summed E-state index contributed by atoms with van der Waals surface area (Å²) in [6, 6.07) is 12.6. The van der Waals surface area contributed by atoms with Gasteiger partial charge in [-0.3, -0.25) is 0 Å². The number of rotatable bonds is 2. The molecule has 0 aliphatic rings. The minimum atomic E-state index is 0.199. The van der Waals surface area contributed by atoms with Gasteiger partial charge in [-0.05, 0) is 24.3 Å². The van der Waals surface area contributed by atoms with E-state index in [4.69, 9.17) is 5.73 Å². The molecule has 5 heteroatoms. The Balaban J connectivity index is 2.19. The van der Waals surface area contributed by atoms with Crippen LogP contribution in [0.1, 0.15) is 5.69 Å². The summed E-state index contributed by atoms with van der Waals surface area (Å²) >= 11 is 0. The Morgan fingerprint density at radius 3 is 2.78 bits per heavy atom. The van der Waals surface area contributed by atoms with Gasteiger partial charge < -0.3 is 10.8 Å². The van der Waals surface area contributed by atoms with Gasteiger partial charge in [0, 0.05) is 12.1 Å². The summed E-state index contributed by atoms with van der Waals surface area (Å²) in [5.74, 6) is 0.775. The Labute approximate surface area is 104 Å². The summed E-state index contributed by atoms with van der Waals surface area (Å²) in [6.45, 7) is 0.403. The quantitative estimate of drug-likeness (QED) is 0.712. The summed E-state index contributed by atoms with van der Waals surface area (Å²) in [5, 5.41) is 13.9. The molecule has 2 heterocycles. The number of benzene rings is 1. The van der Waals surface area contributed by atoms with Gasteiger partial charge in [0.05, 0.1) is 5.69 Å². The van der Waals surface area contributed by atoms with Crippen LogP contribution >= 0.6 is 0 Å².